The summed E-state index contributed by atoms with van der Waals surface area (Å²) in [6.45, 7) is 9.84. The van der Waals surface area contributed by atoms with Gasteiger partial charge in [-0.05, 0) is 81.1 Å². The van der Waals surface area contributed by atoms with Gasteiger partial charge in [-0.1, -0.05) is 36.8 Å². The van der Waals surface area contributed by atoms with Crippen molar-refractivity contribution in [1.82, 2.24) is 10.2 Å². The van der Waals surface area contributed by atoms with Gasteiger partial charge in [-0.2, -0.15) is 0 Å². The molecule has 4 nitrogen and oxygen atoms in total. The Balaban J connectivity index is 1.46. The van der Waals surface area contributed by atoms with E-state index in [1.165, 1.54) is 43.5 Å². The second-order valence-electron chi connectivity index (χ2n) is 7.88. The average molecular weight is 381 g/mol. The van der Waals surface area contributed by atoms with Crippen molar-refractivity contribution in [2.24, 2.45) is 0 Å². The Morgan fingerprint density at radius 3 is 2.36 bits per heavy atom. The number of ether oxygens (including phenoxy) is 1. The number of likely N-dealkylation sites (tertiary alicyclic amines) is 1. The molecule has 1 atom stereocenters. The summed E-state index contributed by atoms with van der Waals surface area (Å²) < 4.78 is 5.79. The fraction of sp³-hybridized carbons (Fsp3) is 0.458. The topological polar surface area (TPSA) is 41.6 Å². The van der Waals surface area contributed by atoms with E-state index in [-0.39, 0.29) is 5.91 Å². The summed E-state index contributed by atoms with van der Waals surface area (Å²) in [6, 6.07) is 14.5. The minimum absolute atomic E-state index is 0.101. The molecule has 1 unspecified atom stereocenters. The number of hydrogen-bond donors (Lipinski definition) is 1. The average Bonchev–Trinajstić information content (AvgIpc) is 2.71. The van der Waals surface area contributed by atoms with Crippen LogP contribution in [0.25, 0.3) is 0 Å². The molecule has 0 saturated carbocycles. The number of carbonyl (C=O) groups excluding carboxylic acids is 1. The van der Waals surface area contributed by atoms with Crippen LogP contribution in [0.3, 0.4) is 0 Å². The number of aryl methyl sites for hydroxylation is 2. The third-order valence-corrected chi connectivity index (χ3v) is 5.51. The van der Waals surface area contributed by atoms with E-state index in [1.54, 1.807) is 6.92 Å². The van der Waals surface area contributed by atoms with E-state index in [2.05, 4.69) is 41.4 Å². The van der Waals surface area contributed by atoms with Crippen LogP contribution in [0.5, 0.6) is 5.75 Å². The van der Waals surface area contributed by atoms with Crippen LogP contribution in [-0.2, 0) is 17.9 Å². The van der Waals surface area contributed by atoms with Crippen LogP contribution in [-0.4, -0.2) is 30.0 Å². The van der Waals surface area contributed by atoms with Crippen LogP contribution in [0, 0.1) is 13.8 Å². The Morgan fingerprint density at radius 1 is 1.00 bits per heavy atom. The van der Waals surface area contributed by atoms with Gasteiger partial charge in [0.15, 0.2) is 6.10 Å². The predicted octanol–water partition coefficient (Wildman–Crippen LogP) is 4.37. The lowest BCUT2D eigenvalue weighted by molar-refractivity contribution is -0.127. The van der Waals surface area contributed by atoms with Crippen LogP contribution < -0.4 is 10.1 Å². The monoisotopic (exact) mass is 380 g/mol. The lowest BCUT2D eigenvalue weighted by atomic mass is 10.1. The van der Waals surface area contributed by atoms with E-state index in [9.17, 15) is 4.79 Å². The van der Waals surface area contributed by atoms with Gasteiger partial charge in [0, 0.05) is 13.1 Å². The summed E-state index contributed by atoms with van der Waals surface area (Å²) in [6.07, 6.45) is 3.46. The van der Waals surface area contributed by atoms with Crippen LogP contribution >= 0.6 is 0 Å². The van der Waals surface area contributed by atoms with Gasteiger partial charge in [-0.25, -0.2) is 0 Å². The highest BCUT2D eigenvalue weighted by Crippen LogP contribution is 2.18. The first kappa shape index (κ1) is 20.4. The van der Waals surface area contributed by atoms with Crippen LogP contribution in [0.1, 0.15) is 48.4 Å². The fourth-order valence-corrected chi connectivity index (χ4v) is 3.52. The minimum Gasteiger partial charge on any atom is -0.481 e. The van der Waals surface area contributed by atoms with Crippen molar-refractivity contribution >= 4 is 5.91 Å². The van der Waals surface area contributed by atoms with E-state index in [4.69, 9.17) is 4.74 Å². The van der Waals surface area contributed by atoms with E-state index in [0.717, 1.165) is 23.4 Å². The third-order valence-electron chi connectivity index (χ3n) is 5.51. The molecule has 0 aliphatic carbocycles. The highest BCUT2D eigenvalue weighted by atomic mass is 16.5. The second kappa shape index (κ2) is 9.74. The molecule has 0 aromatic heterocycles. The van der Waals surface area contributed by atoms with Gasteiger partial charge in [0.25, 0.3) is 5.91 Å². The molecule has 2 aromatic carbocycles. The first-order valence-electron chi connectivity index (χ1n) is 10.3. The number of amides is 1. The Kier molecular flexibility index (Phi) is 7.10. The van der Waals surface area contributed by atoms with Crippen LogP contribution in [0.4, 0.5) is 0 Å². The number of carbonyl (C=O) groups is 1. The first-order valence-corrected chi connectivity index (χ1v) is 10.3. The van der Waals surface area contributed by atoms with Gasteiger partial charge in [0.2, 0.25) is 0 Å². The zero-order chi connectivity index (χ0) is 19.9. The SMILES string of the molecule is Cc1ccc(OC(C)C(=O)NCc2ccc(CN3CCCCC3)cc2)cc1C. The number of benzene rings is 2. The van der Waals surface area contributed by atoms with Crippen molar-refractivity contribution in [1.29, 1.82) is 0 Å². The molecule has 0 spiro atoms. The third kappa shape index (κ3) is 5.83. The van der Waals surface area contributed by atoms with E-state index < -0.39 is 6.10 Å². The standard InChI is InChI=1S/C24H32N2O2/c1-18-7-12-23(15-19(18)2)28-20(3)24(27)25-16-21-8-10-22(11-9-21)17-26-13-5-4-6-14-26/h7-12,15,20H,4-6,13-14,16-17H2,1-3H3,(H,25,27). The maximum Gasteiger partial charge on any atom is 0.261 e. The molecular weight excluding hydrogens is 348 g/mol. The van der Waals surface area contributed by atoms with Crippen molar-refractivity contribution in [3.63, 3.8) is 0 Å². The molecule has 1 N–H and O–H groups in total. The summed E-state index contributed by atoms with van der Waals surface area (Å²) in [7, 11) is 0. The van der Waals surface area contributed by atoms with Gasteiger partial charge in [-0.15, -0.1) is 0 Å². The van der Waals surface area contributed by atoms with E-state index >= 15 is 0 Å². The molecule has 1 saturated heterocycles. The Morgan fingerprint density at radius 2 is 1.68 bits per heavy atom. The minimum atomic E-state index is -0.527. The van der Waals surface area contributed by atoms with Gasteiger partial charge in [0.05, 0.1) is 0 Å². The van der Waals surface area contributed by atoms with Gasteiger partial charge >= 0.3 is 0 Å². The molecule has 4 heteroatoms. The number of piperidine rings is 1. The zero-order valence-electron chi connectivity index (χ0n) is 17.3. The largest absolute Gasteiger partial charge is 0.481 e. The predicted molar refractivity (Wildman–Crippen MR) is 113 cm³/mol. The van der Waals surface area contributed by atoms with E-state index in [0.29, 0.717) is 6.54 Å². The number of nitrogens with one attached hydrogen (secondary N) is 1. The highest BCUT2D eigenvalue weighted by molar-refractivity contribution is 5.80. The zero-order valence-corrected chi connectivity index (χ0v) is 17.3. The van der Waals surface area contributed by atoms with Crippen LogP contribution in [0.15, 0.2) is 42.5 Å². The second-order valence-corrected chi connectivity index (χ2v) is 7.88. The molecule has 0 bridgehead atoms. The molecule has 1 heterocycles. The summed E-state index contributed by atoms with van der Waals surface area (Å²) >= 11 is 0. The molecule has 1 aliphatic heterocycles. The molecule has 0 radical (unpaired) electrons. The molecular formula is C24H32N2O2. The maximum atomic E-state index is 12.4. The van der Waals surface area contributed by atoms with Crippen molar-refractivity contribution in [2.75, 3.05) is 13.1 Å². The smallest absolute Gasteiger partial charge is 0.261 e. The van der Waals surface area contributed by atoms with Crippen LogP contribution in [0.2, 0.25) is 0 Å². The normalized spacial score (nSPS) is 15.8. The Hall–Kier alpha value is -2.33. The van der Waals surface area contributed by atoms with E-state index in [1.807, 2.05) is 25.1 Å². The van der Waals surface area contributed by atoms with Gasteiger partial charge in [-0.3, -0.25) is 9.69 Å². The molecule has 2 aromatic rings. The number of nitrogens with zero attached hydrogens (tertiary/aromatic N) is 1. The van der Waals surface area contributed by atoms with Gasteiger partial charge < -0.3 is 10.1 Å². The Labute approximate surface area is 168 Å². The lowest BCUT2D eigenvalue weighted by Gasteiger charge is -2.26. The van der Waals surface area contributed by atoms with Gasteiger partial charge in [0.1, 0.15) is 5.75 Å². The molecule has 1 aliphatic rings. The quantitative estimate of drug-likeness (QED) is 0.775. The molecule has 150 valence electrons. The summed E-state index contributed by atoms with van der Waals surface area (Å²) in [5, 5.41) is 2.97. The fourth-order valence-electron chi connectivity index (χ4n) is 3.52. The maximum absolute atomic E-state index is 12.4. The van der Waals surface area contributed by atoms with Crippen molar-refractivity contribution in [3.8, 4) is 5.75 Å². The van der Waals surface area contributed by atoms with Crippen molar-refractivity contribution in [3.05, 3.63) is 64.7 Å². The molecule has 28 heavy (non-hydrogen) atoms. The number of hydrogen-bond acceptors (Lipinski definition) is 3. The molecule has 1 fully saturated rings. The molecule has 3 rings (SSSR count). The summed E-state index contributed by atoms with van der Waals surface area (Å²) in [5.74, 6) is 0.628. The van der Waals surface area contributed by atoms with Crippen molar-refractivity contribution in [2.45, 2.75) is 59.2 Å². The Bertz CT molecular complexity index is 780. The summed E-state index contributed by atoms with van der Waals surface area (Å²) in [4.78, 5) is 14.9. The lowest BCUT2D eigenvalue weighted by Crippen LogP contribution is -2.35. The summed E-state index contributed by atoms with van der Waals surface area (Å²) in [5.41, 5.74) is 4.82. The first-order chi connectivity index (χ1) is 13.5. The highest BCUT2D eigenvalue weighted by Gasteiger charge is 2.15. The number of rotatable bonds is 7. The van der Waals surface area contributed by atoms with Crippen molar-refractivity contribution < 1.29 is 9.53 Å². The molecule has 1 amide bonds.